The second kappa shape index (κ2) is 7.56. The molecular formula is C22H15ClFNO4. The Balaban J connectivity index is 1.83. The van der Waals surface area contributed by atoms with E-state index in [4.69, 9.17) is 25.8 Å². The third-order valence-corrected chi connectivity index (χ3v) is 4.77. The van der Waals surface area contributed by atoms with Crippen LogP contribution in [0.2, 0.25) is 0 Å². The van der Waals surface area contributed by atoms with Crippen LogP contribution in [0, 0.1) is 5.82 Å². The van der Waals surface area contributed by atoms with Crippen molar-refractivity contribution in [3.8, 4) is 23.0 Å². The first-order chi connectivity index (χ1) is 14.0. The van der Waals surface area contributed by atoms with Crippen LogP contribution in [0.1, 0.15) is 10.4 Å². The van der Waals surface area contributed by atoms with E-state index in [0.717, 1.165) is 11.6 Å². The Morgan fingerprint density at radius 3 is 2.48 bits per heavy atom. The number of hydrogen-bond donors (Lipinski definition) is 0. The van der Waals surface area contributed by atoms with Gasteiger partial charge in [0.1, 0.15) is 5.75 Å². The lowest BCUT2D eigenvalue weighted by molar-refractivity contribution is 0.108. The number of ether oxygens (including phenoxy) is 3. The fourth-order valence-corrected chi connectivity index (χ4v) is 3.35. The van der Waals surface area contributed by atoms with Crippen LogP contribution in [0.15, 0.2) is 54.7 Å². The average molecular weight is 412 g/mol. The maximum Gasteiger partial charge on any atom is 0.253 e. The second-order valence-corrected chi connectivity index (χ2v) is 6.57. The summed E-state index contributed by atoms with van der Waals surface area (Å²) >= 11 is 5.64. The fourth-order valence-electron chi connectivity index (χ4n) is 3.19. The number of carbonyl (C=O) groups excluding carboxylic acids is 1. The van der Waals surface area contributed by atoms with Gasteiger partial charge in [-0.05, 0) is 52.7 Å². The predicted octanol–water partition coefficient (Wildman–Crippen LogP) is 5.72. The summed E-state index contributed by atoms with van der Waals surface area (Å²) in [5, 5.41) is 1.32. The van der Waals surface area contributed by atoms with E-state index in [0.29, 0.717) is 39.1 Å². The van der Waals surface area contributed by atoms with Crippen molar-refractivity contribution >= 4 is 38.5 Å². The Morgan fingerprint density at radius 2 is 1.76 bits per heavy atom. The van der Waals surface area contributed by atoms with Gasteiger partial charge >= 0.3 is 0 Å². The summed E-state index contributed by atoms with van der Waals surface area (Å²) in [6, 6.07) is 13.5. The molecule has 0 aliphatic carbocycles. The zero-order valence-electron chi connectivity index (χ0n) is 15.5. The lowest BCUT2D eigenvalue weighted by Gasteiger charge is -2.13. The van der Waals surface area contributed by atoms with Gasteiger partial charge in [-0.2, -0.15) is 0 Å². The van der Waals surface area contributed by atoms with Gasteiger partial charge in [0.25, 0.3) is 5.24 Å². The minimum Gasteiger partial charge on any atom is -0.493 e. The van der Waals surface area contributed by atoms with Crippen LogP contribution in [0.25, 0.3) is 21.7 Å². The number of pyridine rings is 1. The van der Waals surface area contributed by atoms with Crippen molar-refractivity contribution in [3.63, 3.8) is 0 Å². The monoisotopic (exact) mass is 411 g/mol. The highest BCUT2D eigenvalue weighted by Gasteiger charge is 2.16. The maximum atomic E-state index is 14.6. The zero-order valence-corrected chi connectivity index (χ0v) is 16.3. The third-order valence-electron chi connectivity index (χ3n) is 4.56. The fraction of sp³-hybridized carbons (Fsp3) is 0.0909. The highest BCUT2D eigenvalue weighted by atomic mass is 35.5. The first-order valence-electron chi connectivity index (χ1n) is 8.62. The molecule has 3 aromatic carbocycles. The van der Waals surface area contributed by atoms with Gasteiger partial charge < -0.3 is 14.2 Å². The molecule has 7 heteroatoms. The summed E-state index contributed by atoms with van der Waals surface area (Å²) < 4.78 is 31.0. The largest absolute Gasteiger partial charge is 0.493 e. The quantitative estimate of drug-likeness (QED) is 0.393. The Morgan fingerprint density at radius 1 is 1.00 bits per heavy atom. The predicted molar refractivity (Wildman–Crippen MR) is 109 cm³/mol. The van der Waals surface area contributed by atoms with Crippen molar-refractivity contribution in [2.24, 2.45) is 0 Å². The highest BCUT2D eigenvalue weighted by molar-refractivity contribution is 6.68. The number of benzene rings is 3. The number of nitrogens with zero attached hydrogens (tertiary/aromatic N) is 1. The number of methoxy groups -OCH3 is 2. The van der Waals surface area contributed by atoms with Gasteiger partial charge in [0.2, 0.25) is 0 Å². The Kier molecular flexibility index (Phi) is 4.94. The van der Waals surface area contributed by atoms with Crippen LogP contribution in [0.3, 0.4) is 0 Å². The summed E-state index contributed by atoms with van der Waals surface area (Å²) in [5.41, 5.74) is 0.892. The van der Waals surface area contributed by atoms with Crippen molar-refractivity contribution in [3.05, 3.63) is 66.1 Å². The average Bonchev–Trinajstić information content (AvgIpc) is 2.74. The van der Waals surface area contributed by atoms with Crippen LogP contribution in [0.4, 0.5) is 4.39 Å². The van der Waals surface area contributed by atoms with Crippen LogP contribution >= 0.6 is 11.6 Å². The first-order valence-corrected chi connectivity index (χ1v) is 9.00. The molecule has 1 heterocycles. The molecule has 0 radical (unpaired) electrons. The van der Waals surface area contributed by atoms with Gasteiger partial charge in [-0.3, -0.25) is 9.78 Å². The molecule has 0 aliphatic rings. The van der Waals surface area contributed by atoms with Gasteiger partial charge in [-0.25, -0.2) is 4.39 Å². The SMILES string of the molecule is COc1cc2ncc(F)c(Oc3ccc4c(C(=O)Cl)cccc4c3)c2cc1OC. The molecule has 1 aromatic heterocycles. The molecule has 0 aliphatic heterocycles. The normalized spacial score (nSPS) is 10.9. The summed E-state index contributed by atoms with van der Waals surface area (Å²) in [4.78, 5) is 15.7. The van der Waals surface area contributed by atoms with E-state index in [-0.39, 0.29) is 5.75 Å². The minimum absolute atomic E-state index is 0.0138. The van der Waals surface area contributed by atoms with Gasteiger partial charge in [0.05, 0.1) is 25.9 Å². The molecule has 0 saturated heterocycles. The molecule has 0 fully saturated rings. The van der Waals surface area contributed by atoms with Gasteiger partial charge in [0, 0.05) is 17.0 Å². The molecule has 0 saturated carbocycles. The number of carbonyl (C=O) groups is 1. The molecule has 0 spiro atoms. The summed E-state index contributed by atoms with van der Waals surface area (Å²) in [6.07, 6.45) is 1.09. The molecule has 0 atom stereocenters. The Hall–Kier alpha value is -3.38. The number of aromatic nitrogens is 1. The van der Waals surface area contributed by atoms with E-state index in [1.165, 1.54) is 14.2 Å². The number of rotatable bonds is 5. The molecular weight excluding hydrogens is 397 g/mol. The topological polar surface area (TPSA) is 57.7 Å². The van der Waals surface area contributed by atoms with Crippen LogP contribution in [-0.2, 0) is 0 Å². The van der Waals surface area contributed by atoms with Crippen molar-refractivity contribution < 1.29 is 23.4 Å². The summed E-state index contributed by atoms with van der Waals surface area (Å²) in [5.74, 6) is 0.710. The molecule has 146 valence electrons. The molecule has 4 rings (SSSR count). The third kappa shape index (κ3) is 3.43. The number of fused-ring (bicyclic) bond motifs is 2. The molecule has 0 unspecified atom stereocenters. The maximum absolute atomic E-state index is 14.6. The van der Waals surface area contributed by atoms with Crippen LogP contribution in [0.5, 0.6) is 23.0 Å². The van der Waals surface area contributed by atoms with E-state index in [9.17, 15) is 9.18 Å². The van der Waals surface area contributed by atoms with Crippen LogP contribution in [-0.4, -0.2) is 24.4 Å². The van der Waals surface area contributed by atoms with Crippen molar-refractivity contribution in [2.75, 3.05) is 14.2 Å². The molecule has 5 nitrogen and oxygen atoms in total. The first kappa shape index (κ1) is 19.0. The number of halogens is 2. The van der Waals surface area contributed by atoms with E-state index in [1.807, 2.05) is 6.07 Å². The highest BCUT2D eigenvalue weighted by Crippen LogP contribution is 2.38. The van der Waals surface area contributed by atoms with E-state index < -0.39 is 11.1 Å². The van der Waals surface area contributed by atoms with Crippen LogP contribution < -0.4 is 14.2 Å². The second-order valence-electron chi connectivity index (χ2n) is 6.22. The van der Waals surface area contributed by atoms with Gasteiger partial charge in [-0.1, -0.05) is 12.1 Å². The van der Waals surface area contributed by atoms with Gasteiger partial charge in [-0.15, -0.1) is 0 Å². The lowest BCUT2D eigenvalue weighted by Crippen LogP contribution is -1.96. The standard InChI is InChI=1S/C22H15ClFNO4/c1-27-19-9-16-18(10-20(19)28-2)25-11-17(24)21(16)29-13-6-7-14-12(8-13)4-3-5-15(14)22(23)26/h3-11H,1-2H3. The van der Waals surface area contributed by atoms with Crippen molar-refractivity contribution in [1.29, 1.82) is 0 Å². The molecule has 0 amide bonds. The molecule has 0 bridgehead atoms. The molecule has 0 N–H and O–H groups in total. The molecule has 29 heavy (non-hydrogen) atoms. The lowest BCUT2D eigenvalue weighted by atomic mass is 10.1. The Labute approximate surface area is 170 Å². The van der Waals surface area contributed by atoms with Crippen molar-refractivity contribution in [2.45, 2.75) is 0 Å². The Bertz CT molecular complexity index is 1260. The smallest absolute Gasteiger partial charge is 0.253 e. The summed E-state index contributed by atoms with van der Waals surface area (Å²) in [7, 11) is 3.01. The molecule has 4 aromatic rings. The zero-order chi connectivity index (χ0) is 20.5. The van der Waals surface area contributed by atoms with Gasteiger partial charge in [0.15, 0.2) is 23.1 Å². The van der Waals surface area contributed by atoms with Crippen molar-refractivity contribution in [1.82, 2.24) is 4.98 Å². The van der Waals surface area contributed by atoms with E-state index >= 15 is 0 Å². The number of hydrogen-bond acceptors (Lipinski definition) is 5. The minimum atomic E-state index is -0.616. The van der Waals surface area contributed by atoms with E-state index in [1.54, 1.807) is 42.5 Å². The summed E-state index contributed by atoms with van der Waals surface area (Å²) in [6.45, 7) is 0. The van der Waals surface area contributed by atoms with E-state index in [2.05, 4.69) is 4.98 Å².